The lowest BCUT2D eigenvalue weighted by Crippen LogP contribution is -2.15. The van der Waals surface area contributed by atoms with Gasteiger partial charge in [-0.2, -0.15) is 0 Å². The van der Waals surface area contributed by atoms with Crippen molar-refractivity contribution in [2.45, 2.75) is 17.7 Å². The van der Waals surface area contributed by atoms with Crippen molar-refractivity contribution in [1.82, 2.24) is 4.98 Å². The predicted octanol–water partition coefficient (Wildman–Crippen LogP) is 2.78. The Labute approximate surface area is 116 Å². The summed E-state index contributed by atoms with van der Waals surface area (Å²) >= 11 is 1.57. The molecular formula is C14H15N3OS. The number of thioether (sulfide) groups is 1. The Morgan fingerprint density at radius 2 is 2.00 bits per heavy atom. The van der Waals surface area contributed by atoms with Crippen LogP contribution in [0.3, 0.4) is 0 Å². The van der Waals surface area contributed by atoms with Crippen LogP contribution in [0, 0.1) is 6.92 Å². The average molecular weight is 273 g/mol. The number of aromatic nitrogens is 1. The SMILES string of the molecule is Cc1ccc(C(N)=NO)c(SCc2ccccc2)n1. The first kappa shape index (κ1) is 13.4. The number of amidine groups is 1. The highest BCUT2D eigenvalue weighted by atomic mass is 32.2. The molecule has 98 valence electrons. The molecule has 0 saturated carbocycles. The molecule has 0 saturated heterocycles. The fourth-order valence-corrected chi connectivity index (χ4v) is 2.65. The third-order valence-electron chi connectivity index (χ3n) is 2.60. The molecule has 1 aromatic carbocycles. The van der Waals surface area contributed by atoms with E-state index in [0.29, 0.717) is 5.56 Å². The van der Waals surface area contributed by atoms with E-state index in [1.165, 1.54) is 5.56 Å². The molecule has 0 amide bonds. The molecule has 1 aromatic heterocycles. The monoisotopic (exact) mass is 273 g/mol. The van der Waals surface area contributed by atoms with Crippen LogP contribution in [0.2, 0.25) is 0 Å². The highest BCUT2D eigenvalue weighted by Gasteiger charge is 2.09. The van der Waals surface area contributed by atoms with E-state index in [-0.39, 0.29) is 5.84 Å². The van der Waals surface area contributed by atoms with E-state index < -0.39 is 0 Å². The van der Waals surface area contributed by atoms with Crippen molar-refractivity contribution in [2.24, 2.45) is 10.9 Å². The van der Waals surface area contributed by atoms with Gasteiger partial charge in [0.05, 0.1) is 5.56 Å². The second-order valence-corrected chi connectivity index (χ2v) is 5.03. The van der Waals surface area contributed by atoms with Crippen molar-refractivity contribution in [3.05, 3.63) is 59.3 Å². The summed E-state index contributed by atoms with van der Waals surface area (Å²) < 4.78 is 0. The van der Waals surface area contributed by atoms with Gasteiger partial charge < -0.3 is 10.9 Å². The maximum atomic E-state index is 8.79. The van der Waals surface area contributed by atoms with Crippen LogP contribution in [-0.2, 0) is 5.75 Å². The summed E-state index contributed by atoms with van der Waals surface area (Å²) in [5.74, 6) is 0.881. The second kappa shape index (κ2) is 6.24. The molecule has 0 unspecified atom stereocenters. The van der Waals surface area contributed by atoms with Crippen LogP contribution in [0.15, 0.2) is 52.6 Å². The van der Waals surface area contributed by atoms with Crippen molar-refractivity contribution in [3.63, 3.8) is 0 Å². The summed E-state index contributed by atoms with van der Waals surface area (Å²) in [6.45, 7) is 1.92. The van der Waals surface area contributed by atoms with Gasteiger partial charge in [0.2, 0.25) is 0 Å². The largest absolute Gasteiger partial charge is 0.409 e. The van der Waals surface area contributed by atoms with Gasteiger partial charge in [0.15, 0.2) is 5.84 Å². The fourth-order valence-electron chi connectivity index (χ4n) is 1.62. The van der Waals surface area contributed by atoms with Crippen LogP contribution in [0.5, 0.6) is 0 Å². The van der Waals surface area contributed by atoms with Crippen LogP contribution < -0.4 is 5.73 Å². The number of rotatable bonds is 4. The summed E-state index contributed by atoms with van der Waals surface area (Å²) in [6.07, 6.45) is 0. The molecule has 0 fully saturated rings. The van der Waals surface area contributed by atoms with Crippen molar-refractivity contribution < 1.29 is 5.21 Å². The van der Waals surface area contributed by atoms with Gasteiger partial charge in [-0.1, -0.05) is 35.5 Å². The van der Waals surface area contributed by atoms with E-state index in [9.17, 15) is 0 Å². The van der Waals surface area contributed by atoms with Crippen LogP contribution in [0.1, 0.15) is 16.8 Å². The maximum absolute atomic E-state index is 8.79. The smallest absolute Gasteiger partial charge is 0.172 e. The van der Waals surface area contributed by atoms with Crippen LogP contribution in [0.25, 0.3) is 0 Å². The van der Waals surface area contributed by atoms with E-state index in [1.54, 1.807) is 11.8 Å². The molecule has 4 nitrogen and oxygen atoms in total. The Bertz CT molecular complexity index is 584. The molecule has 19 heavy (non-hydrogen) atoms. The zero-order valence-electron chi connectivity index (χ0n) is 10.6. The lowest BCUT2D eigenvalue weighted by molar-refractivity contribution is 0.318. The Morgan fingerprint density at radius 1 is 1.26 bits per heavy atom. The Hall–Kier alpha value is -2.01. The number of hydrogen-bond acceptors (Lipinski definition) is 4. The summed E-state index contributed by atoms with van der Waals surface area (Å²) in [4.78, 5) is 4.45. The first-order valence-corrected chi connectivity index (χ1v) is 6.81. The third kappa shape index (κ3) is 3.48. The van der Waals surface area contributed by atoms with Crippen LogP contribution in [0.4, 0.5) is 0 Å². The topological polar surface area (TPSA) is 71.5 Å². The van der Waals surface area contributed by atoms with Gasteiger partial charge in [-0.25, -0.2) is 4.98 Å². The molecule has 2 rings (SSSR count). The molecule has 3 N–H and O–H groups in total. The van der Waals surface area contributed by atoms with E-state index in [2.05, 4.69) is 22.3 Å². The van der Waals surface area contributed by atoms with Gasteiger partial charge in [0, 0.05) is 11.4 Å². The number of oxime groups is 1. The lowest BCUT2D eigenvalue weighted by Gasteiger charge is -2.08. The molecule has 0 aliphatic rings. The van der Waals surface area contributed by atoms with Crippen molar-refractivity contribution in [1.29, 1.82) is 0 Å². The van der Waals surface area contributed by atoms with Crippen molar-refractivity contribution in [2.75, 3.05) is 0 Å². The van der Waals surface area contributed by atoms with E-state index >= 15 is 0 Å². The van der Waals surface area contributed by atoms with Gasteiger partial charge in [-0.05, 0) is 24.6 Å². The van der Waals surface area contributed by atoms with Gasteiger partial charge >= 0.3 is 0 Å². The second-order valence-electron chi connectivity index (χ2n) is 4.06. The summed E-state index contributed by atoms with van der Waals surface area (Å²) in [5.41, 5.74) is 8.44. The molecular weight excluding hydrogens is 258 g/mol. The summed E-state index contributed by atoms with van der Waals surface area (Å²) in [6, 6.07) is 13.8. The Balaban J connectivity index is 2.21. The van der Waals surface area contributed by atoms with E-state index in [1.807, 2.05) is 37.3 Å². The first-order chi connectivity index (χ1) is 9.20. The molecule has 0 aliphatic carbocycles. The number of hydrogen-bond donors (Lipinski definition) is 2. The number of benzene rings is 1. The Morgan fingerprint density at radius 3 is 2.68 bits per heavy atom. The van der Waals surface area contributed by atoms with Gasteiger partial charge in [-0.15, -0.1) is 11.8 Å². The number of pyridine rings is 1. The normalized spacial score (nSPS) is 11.5. The quantitative estimate of drug-likeness (QED) is 0.295. The first-order valence-electron chi connectivity index (χ1n) is 5.83. The number of nitrogens with zero attached hydrogens (tertiary/aromatic N) is 2. The van der Waals surface area contributed by atoms with E-state index in [4.69, 9.17) is 10.9 Å². The molecule has 1 heterocycles. The zero-order valence-corrected chi connectivity index (χ0v) is 11.4. The minimum Gasteiger partial charge on any atom is -0.409 e. The maximum Gasteiger partial charge on any atom is 0.172 e. The van der Waals surface area contributed by atoms with Crippen LogP contribution >= 0.6 is 11.8 Å². The molecule has 5 heteroatoms. The molecule has 0 aliphatic heterocycles. The molecule has 2 aromatic rings. The average Bonchev–Trinajstić information content (AvgIpc) is 2.45. The highest BCUT2D eigenvalue weighted by Crippen LogP contribution is 2.24. The predicted molar refractivity (Wildman–Crippen MR) is 77.5 cm³/mol. The van der Waals surface area contributed by atoms with Gasteiger partial charge in [0.1, 0.15) is 5.03 Å². The molecule has 0 spiro atoms. The standard InChI is InChI=1S/C14H15N3OS/c1-10-7-8-12(13(15)17-18)14(16-10)19-9-11-5-3-2-4-6-11/h2-8,18H,9H2,1H3,(H2,15,17). The van der Waals surface area contributed by atoms with Crippen molar-refractivity contribution >= 4 is 17.6 Å². The lowest BCUT2D eigenvalue weighted by atomic mass is 10.2. The van der Waals surface area contributed by atoms with E-state index in [0.717, 1.165) is 16.5 Å². The highest BCUT2D eigenvalue weighted by molar-refractivity contribution is 7.98. The molecule has 0 bridgehead atoms. The fraction of sp³-hybridized carbons (Fsp3) is 0.143. The van der Waals surface area contributed by atoms with Gasteiger partial charge in [-0.3, -0.25) is 0 Å². The number of nitrogens with two attached hydrogens (primary N) is 1. The minimum atomic E-state index is 0.0862. The molecule has 0 atom stereocenters. The zero-order chi connectivity index (χ0) is 13.7. The summed E-state index contributed by atoms with van der Waals surface area (Å²) in [5, 5.41) is 12.6. The minimum absolute atomic E-state index is 0.0862. The Kier molecular flexibility index (Phi) is 4.41. The van der Waals surface area contributed by atoms with Gasteiger partial charge in [0.25, 0.3) is 0 Å². The van der Waals surface area contributed by atoms with Crippen LogP contribution in [-0.4, -0.2) is 16.0 Å². The number of aryl methyl sites for hydroxylation is 1. The summed E-state index contributed by atoms with van der Waals surface area (Å²) in [7, 11) is 0. The molecule has 0 radical (unpaired) electrons. The van der Waals surface area contributed by atoms with Crippen molar-refractivity contribution in [3.8, 4) is 0 Å². The third-order valence-corrected chi connectivity index (χ3v) is 3.66.